The summed E-state index contributed by atoms with van der Waals surface area (Å²) >= 11 is 0. The molecule has 0 unspecified atom stereocenters. The van der Waals surface area contributed by atoms with Crippen LogP contribution in [0.25, 0.3) is 11.1 Å². The first-order chi connectivity index (χ1) is 10.0. The van der Waals surface area contributed by atoms with E-state index in [4.69, 9.17) is 9.84 Å². The fourth-order valence-electron chi connectivity index (χ4n) is 2.21. The molecule has 2 aromatic carbocycles. The minimum atomic E-state index is -1.09. The van der Waals surface area contributed by atoms with E-state index in [0.29, 0.717) is 11.3 Å². The van der Waals surface area contributed by atoms with Crippen molar-refractivity contribution in [2.45, 2.75) is 25.4 Å². The highest BCUT2D eigenvalue weighted by Crippen LogP contribution is 2.32. The maximum atomic E-state index is 13.6. The van der Waals surface area contributed by atoms with Crippen LogP contribution in [0.5, 0.6) is 11.5 Å². The average Bonchev–Trinajstić information content (AvgIpc) is 2.39. The molecule has 2 nitrogen and oxygen atoms in total. The Hall–Kier alpha value is -2.17. The molecule has 1 aliphatic rings. The molecule has 0 radical (unpaired) electrons. The number of rotatable bonds is 3. The highest BCUT2D eigenvalue weighted by Gasteiger charge is 2.20. The van der Waals surface area contributed by atoms with E-state index in [0.717, 1.165) is 31.4 Å². The molecule has 0 amide bonds. The Morgan fingerprint density at radius 1 is 0.905 bits per heavy atom. The first kappa shape index (κ1) is 13.8. The van der Waals surface area contributed by atoms with Gasteiger partial charge in [-0.2, -0.15) is 0 Å². The summed E-state index contributed by atoms with van der Waals surface area (Å²) in [6, 6.07) is 5.86. The number of halogens is 3. The van der Waals surface area contributed by atoms with Crippen LogP contribution in [-0.2, 0) is 0 Å². The summed E-state index contributed by atoms with van der Waals surface area (Å²) in [7, 11) is 0. The van der Waals surface area contributed by atoms with Crippen molar-refractivity contribution in [2.24, 2.45) is 0 Å². The second-order valence-corrected chi connectivity index (χ2v) is 5.13. The molecule has 0 heterocycles. The lowest BCUT2D eigenvalue weighted by Gasteiger charge is -2.26. The Morgan fingerprint density at radius 2 is 1.52 bits per heavy atom. The van der Waals surface area contributed by atoms with Crippen LogP contribution in [0.4, 0.5) is 13.2 Å². The molecule has 0 aliphatic heterocycles. The van der Waals surface area contributed by atoms with Gasteiger partial charge in [-0.1, -0.05) is 0 Å². The molecular formula is C16H13F3O2. The summed E-state index contributed by atoms with van der Waals surface area (Å²) < 4.78 is 46.0. The van der Waals surface area contributed by atoms with Gasteiger partial charge in [0, 0.05) is 6.07 Å². The molecule has 0 atom stereocenters. The lowest BCUT2D eigenvalue weighted by atomic mass is 9.96. The van der Waals surface area contributed by atoms with Gasteiger partial charge in [-0.3, -0.25) is 0 Å². The minimum Gasteiger partial charge on any atom is -0.503 e. The molecular weight excluding hydrogens is 281 g/mol. The second-order valence-electron chi connectivity index (χ2n) is 5.13. The van der Waals surface area contributed by atoms with Crippen LogP contribution in [0.1, 0.15) is 19.3 Å². The van der Waals surface area contributed by atoms with Crippen LogP contribution in [0.15, 0.2) is 30.3 Å². The van der Waals surface area contributed by atoms with Crippen LogP contribution in [0.2, 0.25) is 0 Å². The van der Waals surface area contributed by atoms with Crippen molar-refractivity contribution in [2.75, 3.05) is 0 Å². The monoisotopic (exact) mass is 294 g/mol. The lowest BCUT2D eigenvalue weighted by Crippen LogP contribution is -2.24. The number of phenols is 1. The first-order valence-electron chi connectivity index (χ1n) is 6.68. The van der Waals surface area contributed by atoms with E-state index in [1.54, 1.807) is 0 Å². The lowest BCUT2D eigenvalue weighted by molar-refractivity contribution is 0.120. The van der Waals surface area contributed by atoms with E-state index in [9.17, 15) is 13.2 Å². The number of aromatic hydroxyl groups is 1. The Balaban J connectivity index is 1.97. The minimum absolute atomic E-state index is 0.0768. The van der Waals surface area contributed by atoms with Crippen LogP contribution in [0.3, 0.4) is 0 Å². The summed E-state index contributed by atoms with van der Waals surface area (Å²) in [4.78, 5) is 0. The summed E-state index contributed by atoms with van der Waals surface area (Å²) in [6.45, 7) is 0. The van der Waals surface area contributed by atoms with Gasteiger partial charge in [0.15, 0.2) is 17.4 Å². The third-order valence-electron chi connectivity index (χ3n) is 3.58. The van der Waals surface area contributed by atoms with Gasteiger partial charge >= 0.3 is 0 Å². The van der Waals surface area contributed by atoms with Gasteiger partial charge in [-0.05, 0) is 54.7 Å². The van der Waals surface area contributed by atoms with Crippen LogP contribution in [-0.4, -0.2) is 11.2 Å². The zero-order chi connectivity index (χ0) is 15.0. The summed E-state index contributed by atoms with van der Waals surface area (Å²) in [5.41, 5.74) is 0.433. The van der Waals surface area contributed by atoms with Crippen LogP contribution in [0, 0.1) is 17.5 Å². The number of hydrogen-bond acceptors (Lipinski definition) is 2. The van der Waals surface area contributed by atoms with Crippen molar-refractivity contribution in [1.82, 2.24) is 0 Å². The average molecular weight is 294 g/mol. The summed E-state index contributed by atoms with van der Waals surface area (Å²) in [5, 5.41) is 9.10. The van der Waals surface area contributed by atoms with Gasteiger partial charge in [-0.25, -0.2) is 13.2 Å². The van der Waals surface area contributed by atoms with E-state index in [2.05, 4.69) is 0 Å². The third kappa shape index (κ3) is 2.82. The molecule has 0 saturated heterocycles. The van der Waals surface area contributed by atoms with E-state index in [-0.39, 0.29) is 11.7 Å². The normalized spacial score (nSPS) is 14.8. The molecule has 3 rings (SSSR count). The van der Waals surface area contributed by atoms with Gasteiger partial charge in [0.05, 0.1) is 6.10 Å². The summed E-state index contributed by atoms with van der Waals surface area (Å²) in [5.74, 6) is -3.42. The quantitative estimate of drug-likeness (QED) is 0.908. The third-order valence-corrected chi connectivity index (χ3v) is 3.58. The van der Waals surface area contributed by atoms with Crippen molar-refractivity contribution in [3.8, 4) is 22.6 Å². The standard InChI is InChI=1S/C16H13F3O2/c17-11-4-9(5-13(8-11)21-12-2-1-3-12)10-6-14(18)16(20)15(19)7-10/h4-8,12,20H,1-3H2. The van der Waals surface area contributed by atoms with Crippen LogP contribution >= 0.6 is 0 Å². The Morgan fingerprint density at radius 3 is 2.10 bits per heavy atom. The number of phenolic OH excluding ortho intramolecular Hbond substituents is 1. The molecule has 0 spiro atoms. The number of hydrogen-bond donors (Lipinski definition) is 1. The highest BCUT2D eigenvalue weighted by molar-refractivity contribution is 5.66. The predicted octanol–water partition coefficient (Wildman–Crippen LogP) is 4.41. The second kappa shape index (κ2) is 5.31. The molecule has 21 heavy (non-hydrogen) atoms. The topological polar surface area (TPSA) is 29.5 Å². The van der Waals surface area contributed by atoms with Crippen molar-refractivity contribution in [1.29, 1.82) is 0 Å². The Kier molecular flexibility index (Phi) is 3.49. The van der Waals surface area contributed by atoms with Crippen molar-refractivity contribution in [3.63, 3.8) is 0 Å². The van der Waals surface area contributed by atoms with Crippen molar-refractivity contribution < 1.29 is 23.0 Å². The molecule has 1 N–H and O–H groups in total. The Labute approximate surface area is 119 Å². The van der Waals surface area contributed by atoms with Gasteiger partial charge in [-0.15, -0.1) is 0 Å². The molecule has 0 aromatic heterocycles. The van der Waals surface area contributed by atoms with Gasteiger partial charge in [0.1, 0.15) is 11.6 Å². The summed E-state index contributed by atoms with van der Waals surface area (Å²) in [6.07, 6.45) is 3.01. The van der Waals surface area contributed by atoms with Gasteiger partial charge < -0.3 is 9.84 Å². The van der Waals surface area contributed by atoms with E-state index >= 15 is 0 Å². The Bertz CT molecular complexity index is 658. The maximum Gasteiger partial charge on any atom is 0.187 e. The zero-order valence-electron chi connectivity index (χ0n) is 11.1. The largest absolute Gasteiger partial charge is 0.503 e. The van der Waals surface area contributed by atoms with Crippen molar-refractivity contribution in [3.05, 3.63) is 47.8 Å². The smallest absolute Gasteiger partial charge is 0.187 e. The van der Waals surface area contributed by atoms with Gasteiger partial charge in [0.2, 0.25) is 0 Å². The maximum absolute atomic E-state index is 13.6. The zero-order valence-corrected chi connectivity index (χ0v) is 11.1. The van der Waals surface area contributed by atoms with E-state index in [1.165, 1.54) is 18.2 Å². The SMILES string of the molecule is Oc1c(F)cc(-c2cc(F)cc(OC3CCC3)c2)cc1F. The molecule has 5 heteroatoms. The fourth-order valence-corrected chi connectivity index (χ4v) is 2.21. The first-order valence-corrected chi connectivity index (χ1v) is 6.68. The highest BCUT2D eigenvalue weighted by atomic mass is 19.1. The predicted molar refractivity (Wildman–Crippen MR) is 71.7 cm³/mol. The van der Waals surface area contributed by atoms with Crippen molar-refractivity contribution >= 4 is 0 Å². The molecule has 110 valence electrons. The molecule has 1 saturated carbocycles. The molecule has 2 aromatic rings. The van der Waals surface area contributed by atoms with Crippen LogP contribution < -0.4 is 4.74 Å². The van der Waals surface area contributed by atoms with E-state index in [1.807, 2.05) is 0 Å². The molecule has 1 aliphatic carbocycles. The number of ether oxygens (including phenoxy) is 1. The number of benzene rings is 2. The molecule has 1 fully saturated rings. The van der Waals surface area contributed by atoms with E-state index < -0.39 is 23.2 Å². The fraction of sp³-hybridized carbons (Fsp3) is 0.250. The van der Waals surface area contributed by atoms with Gasteiger partial charge in [0.25, 0.3) is 0 Å². The molecule has 0 bridgehead atoms.